The van der Waals surface area contributed by atoms with Crippen LogP contribution in [0.15, 0.2) is 22.7 Å². The summed E-state index contributed by atoms with van der Waals surface area (Å²) in [7, 11) is -3.04. The van der Waals surface area contributed by atoms with E-state index in [1.807, 2.05) is 18.2 Å². The van der Waals surface area contributed by atoms with Crippen LogP contribution < -0.4 is 5.32 Å². The molecule has 2 rings (SSSR count). The first-order chi connectivity index (χ1) is 9.36. The van der Waals surface area contributed by atoms with Crippen LogP contribution in [-0.2, 0) is 16.6 Å². The number of hydrogen-bond acceptors (Lipinski definition) is 3. The van der Waals surface area contributed by atoms with Gasteiger partial charge in [-0.2, -0.15) is 0 Å². The van der Waals surface area contributed by atoms with Gasteiger partial charge in [0, 0.05) is 35.2 Å². The van der Waals surface area contributed by atoms with Crippen molar-refractivity contribution in [3.63, 3.8) is 0 Å². The molecule has 0 atom stereocenters. The zero-order chi connectivity index (χ0) is 14.8. The first kappa shape index (κ1) is 16.2. The maximum absolute atomic E-state index is 11.4. The van der Waals surface area contributed by atoms with Crippen LogP contribution in [0.1, 0.15) is 18.4 Å². The standard InChI is InChI=1S/C13H18BrClN2O2S/c1-20(18,19)17-6-4-12(5-7-17)16-9-10-2-3-11(15)8-13(10)14/h2-3,8,12,16H,4-7,9H2,1H3. The van der Waals surface area contributed by atoms with E-state index in [1.165, 1.54) is 6.26 Å². The van der Waals surface area contributed by atoms with Crippen LogP contribution in [0, 0.1) is 0 Å². The van der Waals surface area contributed by atoms with Crippen molar-refractivity contribution in [2.45, 2.75) is 25.4 Å². The summed E-state index contributed by atoms with van der Waals surface area (Å²) in [6.07, 6.45) is 2.96. The topological polar surface area (TPSA) is 49.4 Å². The molecule has 0 amide bonds. The van der Waals surface area contributed by atoms with E-state index in [0.29, 0.717) is 24.2 Å². The summed E-state index contributed by atoms with van der Waals surface area (Å²) >= 11 is 9.41. The minimum absolute atomic E-state index is 0.357. The van der Waals surface area contributed by atoms with Crippen LogP contribution in [0.3, 0.4) is 0 Å². The third kappa shape index (κ3) is 4.43. The van der Waals surface area contributed by atoms with Gasteiger partial charge < -0.3 is 5.32 Å². The van der Waals surface area contributed by atoms with Crippen LogP contribution in [0.4, 0.5) is 0 Å². The molecule has 1 heterocycles. The van der Waals surface area contributed by atoms with Gasteiger partial charge in [0.2, 0.25) is 10.0 Å². The zero-order valence-electron chi connectivity index (χ0n) is 11.3. The van der Waals surface area contributed by atoms with Gasteiger partial charge in [-0.3, -0.25) is 0 Å². The molecule has 1 aliphatic heterocycles. The van der Waals surface area contributed by atoms with E-state index in [0.717, 1.165) is 29.4 Å². The van der Waals surface area contributed by atoms with E-state index >= 15 is 0 Å². The third-order valence-corrected chi connectivity index (χ3v) is 5.80. The maximum atomic E-state index is 11.4. The van der Waals surface area contributed by atoms with E-state index in [-0.39, 0.29) is 0 Å². The van der Waals surface area contributed by atoms with Crippen molar-refractivity contribution < 1.29 is 8.42 Å². The number of benzene rings is 1. The van der Waals surface area contributed by atoms with Gasteiger partial charge in [-0.25, -0.2) is 12.7 Å². The van der Waals surface area contributed by atoms with E-state index < -0.39 is 10.0 Å². The van der Waals surface area contributed by atoms with Crippen molar-refractivity contribution >= 4 is 37.6 Å². The average Bonchev–Trinajstić information content (AvgIpc) is 2.37. The molecule has 7 heteroatoms. The molecule has 1 aromatic rings. The van der Waals surface area contributed by atoms with Crippen molar-refractivity contribution in [3.05, 3.63) is 33.3 Å². The molecule has 1 saturated heterocycles. The number of hydrogen-bond donors (Lipinski definition) is 1. The van der Waals surface area contributed by atoms with Crippen LogP contribution >= 0.6 is 27.5 Å². The molecule has 1 N–H and O–H groups in total. The summed E-state index contributed by atoms with van der Waals surface area (Å²) in [5.41, 5.74) is 1.15. The van der Waals surface area contributed by atoms with E-state index in [2.05, 4.69) is 21.2 Å². The van der Waals surface area contributed by atoms with Gasteiger partial charge in [0.15, 0.2) is 0 Å². The van der Waals surface area contributed by atoms with Crippen molar-refractivity contribution in [1.29, 1.82) is 0 Å². The lowest BCUT2D eigenvalue weighted by atomic mass is 10.1. The summed E-state index contributed by atoms with van der Waals surface area (Å²) in [6.45, 7) is 1.94. The smallest absolute Gasteiger partial charge is 0.211 e. The molecule has 0 aliphatic carbocycles. The van der Waals surface area contributed by atoms with Crippen LogP contribution in [0.2, 0.25) is 5.02 Å². The average molecular weight is 382 g/mol. The number of nitrogens with zero attached hydrogens (tertiary/aromatic N) is 1. The predicted molar refractivity (Wildman–Crippen MR) is 85.4 cm³/mol. The Kier molecular flexibility index (Phi) is 5.48. The lowest BCUT2D eigenvalue weighted by Gasteiger charge is -2.30. The highest BCUT2D eigenvalue weighted by Crippen LogP contribution is 2.22. The molecule has 4 nitrogen and oxygen atoms in total. The van der Waals surface area contributed by atoms with Crippen LogP contribution in [0.5, 0.6) is 0 Å². The number of sulfonamides is 1. The molecular weight excluding hydrogens is 364 g/mol. The largest absolute Gasteiger partial charge is 0.310 e. The molecule has 20 heavy (non-hydrogen) atoms. The maximum Gasteiger partial charge on any atom is 0.211 e. The van der Waals surface area contributed by atoms with E-state index in [1.54, 1.807) is 4.31 Å². The van der Waals surface area contributed by atoms with Gasteiger partial charge in [0.25, 0.3) is 0 Å². The van der Waals surface area contributed by atoms with Gasteiger partial charge in [-0.15, -0.1) is 0 Å². The third-order valence-electron chi connectivity index (χ3n) is 3.52. The summed E-state index contributed by atoms with van der Waals surface area (Å²) < 4.78 is 25.4. The minimum Gasteiger partial charge on any atom is -0.310 e. The number of nitrogens with one attached hydrogen (secondary N) is 1. The second-order valence-electron chi connectivity index (χ2n) is 5.05. The summed E-state index contributed by atoms with van der Waals surface area (Å²) in [6, 6.07) is 6.10. The molecule has 1 aliphatic rings. The summed E-state index contributed by atoms with van der Waals surface area (Å²) in [4.78, 5) is 0. The second kappa shape index (κ2) is 6.75. The molecule has 112 valence electrons. The highest BCUT2D eigenvalue weighted by atomic mass is 79.9. The molecular formula is C13H18BrClN2O2S. The molecule has 0 bridgehead atoms. The fraction of sp³-hybridized carbons (Fsp3) is 0.538. The Labute approximate surface area is 133 Å². The van der Waals surface area contributed by atoms with Crippen LogP contribution in [0.25, 0.3) is 0 Å². The first-order valence-electron chi connectivity index (χ1n) is 6.48. The predicted octanol–water partition coefficient (Wildman–Crippen LogP) is 2.62. The monoisotopic (exact) mass is 380 g/mol. The molecule has 0 spiro atoms. The van der Waals surface area contributed by atoms with Gasteiger partial charge in [-0.1, -0.05) is 33.6 Å². The molecule has 0 aromatic heterocycles. The molecule has 1 aromatic carbocycles. The summed E-state index contributed by atoms with van der Waals surface area (Å²) in [5, 5.41) is 4.19. The van der Waals surface area contributed by atoms with E-state index in [4.69, 9.17) is 11.6 Å². The number of rotatable bonds is 4. The van der Waals surface area contributed by atoms with Crippen molar-refractivity contribution in [2.24, 2.45) is 0 Å². The number of halogens is 2. The van der Waals surface area contributed by atoms with Crippen molar-refractivity contribution in [1.82, 2.24) is 9.62 Å². The Hall–Kier alpha value is -0.140. The minimum atomic E-state index is -3.04. The Morgan fingerprint density at radius 3 is 2.60 bits per heavy atom. The lowest BCUT2D eigenvalue weighted by Crippen LogP contribution is -2.44. The normalized spacial score (nSPS) is 18.4. The molecule has 0 saturated carbocycles. The summed E-state index contributed by atoms with van der Waals surface area (Å²) in [5.74, 6) is 0. The van der Waals surface area contributed by atoms with Gasteiger partial charge in [-0.05, 0) is 30.5 Å². The SMILES string of the molecule is CS(=O)(=O)N1CCC(NCc2ccc(Cl)cc2Br)CC1. The van der Waals surface area contributed by atoms with Gasteiger partial charge in [0.05, 0.1) is 6.26 Å². The highest BCUT2D eigenvalue weighted by Gasteiger charge is 2.24. The fourth-order valence-corrected chi connectivity index (χ4v) is 4.01. The number of piperidine rings is 1. The van der Waals surface area contributed by atoms with Crippen molar-refractivity contribution in [3.8, 4) is 0 Å². The Balaban J connectivity index is 1.84. The van der Waals surface area contributed by atoms with E-state index in [9.17, 15) is 8.42 Å². The van der Waals surface area contributed by atoms with Crippen LogP contribution in [-0.4, -0.2) is 38.1 Å². The Bertz CT molecular complexity index is 572. The molecule has 0 unspecified atom stereocenters. The van der Waals surface area contributed by atoms with Crippen molar-refractivity contribution in [2.75, 3.05) is 19.3 Å². The fourth-order valence-electron chi connectivity index (χ4n) is 2.31. The Morgan fingerprint density at radius 1 is 1.40 bits per heavy atom. The quantitative estimate of drug-likeness (QED) is 0.872. The molecule has 0 radical (unpaired) electrons. The molecule has 1 fully saturated rings. The zero-order valence-corrected chi connectivity index (χ0v) is 14.4. The lowest BCUT2D eigenvalue weighted by molar-refractivity contribution is 0.290. The van der Waals surface area contributed by atoms with Gasteiger partial charge >= 0.3 is 0 Å². The van der Waals surface area contributed by atoms with Gasteiger partial charge in [0.1, 0.15) is 0 Å². The first-order valence-corrected chi connectivity index (χ1v) is 9.50. The second-order valence-corrected chi connectivity index (χ2v) is 8.33. The highest BCUT2D eigenvalue weighted by molar-refractivity contribution is 9.10. The Morgan fingerprint density at radius 2 is 2.05 bits per heavy atom.